The first-order valence-corrected chi connectivity index (χ1v) is 16.5. The number of hydrogen-bond donors (Lipinski definition) is 0. The number of ketones is 2. The lowest BCUT2D eigenvalue weighted by atomic mass is 10.1. The molecule has 0 radical (unpaired) electrons. The van der Waals surface area contributed by atoms with Gasteiger partial charge in [-0.05, 0) is 36.4 Å². The summed E-state index contributed by atoms with van der Waals surface area (Å²) in [6, 6.07) is 5.74. The average Bonchev–Trinajstić information content (AvgIpc) is 2.98. The quantitative estimate of drug-likeness (QED) is 0.192. The van der Waals surface area contributed by atoms with E-state index >= 15 is 0 Å². The molecule has 0 spiro atoms. The normalized spacial score (nSPS) is 31.4. The van der Waals surface area contributed by atoms with Crippen LogP contribution < -0.4 is 12.4 Å². The molecule has 8 heterocycles. The summed E-state index contributed by atoms with van der Waals surface area (Å²) in [5.74, 6) is -3.90. The number of nitrogens with zero attached hydrogens (tertiary/aromatic N) is 8. The Hall–Kier alpha value is -1.37. The number of alkyl halides is 4. The van der Waals surface area contributed by atoms with Gasteiger partial charge in [-0.1, -0.05) is 34.8 Å². The van der Waals surface area contributed by atoms with Crippen molar-refractivity contribution in [2.75, 3.05) is 92.4 Å². The largest absolute Gasteiger partial charge is 1.00 e. The first kappa shape index (κ1) is 39.4. The van der Waals surface area contributed by atoms with Gasteiger partial charge in [0.25, 0.3) is 0 Å². The first-order valence-electron chi connectivity index (χ1n) is 14.7. The number of carbonyl (C=O) groups excluding carboxylic acids is 2. The van der Waals surface area contributed by atoms with E-state index in [0.29, 0.717) is 4.48 Å². The van der Waals surface area contributed by atoms with E-state index in [0.717, 1.165) is 76.4 Å². The molecule has 8 saturated heterocycles. The molecule has 0 aliphatic carbocycles. The number of rotatable bonds is 5. The summed E-state index contributed by atoms with van der Waals surface area (Å²) in [7, 11) is 0. The fourth-order valence-corrected chi connectivity index (χ4v) is 7.07. The molecule has 10 rings (SSSR count). The Kier molecular flexibility index (Phi) is 14.1. The smallest absolute Gasteiger partial charge is 0.220 e. The molecule has 10 nitrogen and oxygen atoms in total. The third kappa shape index (κ3) is 10.3. The van der Waals surface area contributed by atoms with Crippen molar-refractivity contribution in [2.24, 2.45) is 0 Å². The molecule has 2 aromatic rings. The number of carbonyl (C=O) groups is 2. The van der Waals surface area contributed by atoms with Crippen molar-refractivity contribution >= 4 is 58.0 Å². The van der Waals surface area contributed by atoms with E-state index < -0.39 is 33.3 Å². The molecular weight excluding hydrogens is 746 g/mol. The predicted octanol–water partition coefficient (Wildman–Crippen LogP) is 1.01. The van der Waals surface area contributed by atoms with Crippen LogP contribution in [0.4, 0.5) is 17.6 Å². The fraction of sp³-hybridized carbons (Fsp3) is 0.517. The van der Waals surface area contributed by atoms with Crippen LogP contribution in [-0.2, 0) is 0 Å². The van der Waals surface area contributed by atoms with E-state index in [2.05, 4.69) is 34.3 Å². The van der Waals surface area contributed by atoms with Gasteiger partial charge >= 0.3 is 0 Å². The van der Waals surface area contributed by atoms with Crippen molar-refractivity contribution < 1.29 is 44.0 Å². The number of halogens is 9. The zero-order valence-corrected chi connectivity index (χ0v) is 29.5. The molecule has 48 heavy (non-hydrogen) atoms. The molecule has 8 fully saturated rings. The topological polar surface area (TPSA) is 56.8 Å². The van der Waals surface area contributed by atoms with Crippen molar-refractivity contribution in [3.63, 3.8) is 0 Å². The Balaban J connectivity index is 0.000000164. The van der Waals surface area contributed by atoms with Crippen LogP contribution in [0.25, 0.3) is 0 Å². The molecule has 0 saturated carbocycles. The molecule has 8 aliphatic heterocycles. The third-order valence-corrected chi connectivity index (χ3v) is 8.40. The van der Waals surface area contributed by atoms with E-state index in [9.17, 15) is 27.2 Å². The maximum atomic E-state index is 13.8. The van der Waals surface area contributed by atoms with Crippen LogP contribution in [-0.4, -0.2) is 147 Å². The van der Waals surface area contributed by atoms with E-state index in [1.807, 2.05) is 0 Å². The summed E-state index contributed by atoms with van der Waals surface area (Å²) < 4.78 is 52.1. The minimum Gasteiger partial charge on any atom is -1.00 e. The highest BCUT2D eigenvalue weighted by atomic mass is 35.6. The fourth-order valence-electron chi connectivity index (χ4n) is 6.93. The van der Waals surface area contributed by atoms with Crippen LogP contribution >= 0.6 is 46.4 Å². The summed E-state index contributed by atoms with van der Waals surface area (Å²) in [5.41, 5.74) is -0.436. The number of Topliss-reactive ketones (excluding diaryl/α,β-unsaturated/α-hetero) is 2. The number of hydrogen-bond acceptors (Lipinski definition) is 9. The molecule has 2 aromatic carbocycles. The lowest BCUT2D eigenvalue weighted by Gasteiger charge is -2.60. The van der Waals surface area contributed by atoms with E-state index in [-0.39, 0.29) is 41.7 Å². The van der Waals surface area contributed by atoms with Gasteiger partial charge in [0, 0.05) is 0 Å². The van der Waals surface area contributed by atoms with Gasteiger partial charge in [0.05, 0.1) is 77.0 Å². The summed E-state index contributed by atoms with van der Waals surface area (Å²) >= 11 is 19.6. The van der Waals surface area contributed by atoms with Gasteiger partial charge < -0.3 is 12.4 Å². The molecular formula is C29H35Cl5F4N8O2. The van der Waals surface area contributed by atoms with Gasteiger partial charge in [-0.15, -0.1) is 11.6 Å². The molecule has 0 atom stereocenters. The highest BCUT2D eigenvalue weighted by Crippen LogP contribution is 2.29. The third-order valence-electron chi connectivity index (χ3n) is 8.16. The monoisotopic (exact) mass is 778 g/mol. The zero-order valence-electron chi connectivity index (χ0n) is 25.7. The van der Waals surface area contributed by atoms with Crippen molar-refractivity contribution in [1.82, 2.24) is 34.3 Å². The SMILES string of the molecule is C1N2CN3CN1CN(C2)C3.ClC(Cl)Cl.O=C(CCl)c1cc(F)ccc1F.O=C(C[N+]12CN3CN(CN(C3)C1)C2)c1cc(F)ccc1F.[Cl-]. The lowest BCUT2D eigenvalue weighted by Crippen LogP contribution is -3.00. The maximum absolute atomic E-state index is 13.8. The summed E-state index contributed by atoms with van der Waals surface area (Å²) in [6.07, 6.45) is 0. The van der Waals surface area contributed by atoms with Crippen molar-refractivity contribution in [2.45, 2.75) is 4.30 Å². The number of benzene rings is 2. The molecule has 8 bridgehead atoms. The number of quaternary nitrogens is 1. The van der Waals surface area contributed by atoms with Crippen molar-refractivity contribution in [3.05, 3.63) is 70.8 Å². The van der Waals surface area contributed by atoms with Crippen molar-refractivity contribution in [3.8, 4) is 0 Å². The highest BCUT2D eigenvalue weighted by Gasteiger charge is 2.49. The van der Waals surface area contributed by atoms with Gasteiger partial charge in [-0.2, -0.15) is 0 Å². The lowest BCUT2D eigenvalue weighted by molar-refractivity contribution is -0.973. The second-order valence-corrected chi connectivity index (χ2v) is 14.6. The van der Waals surface area contributed by atoms with Crippen LogP contribution in [0.5, 0.6) is 0 Å². The van der Waals surface area contributed by atoms with E-state index in [4.69, 9.17) is 46.4 Å². The molecule has 0 unspecified atom stereocenters. The molecule has 8 aliphatic rings. The molecule has 0 amide bonds. The summed E-state index contributed by atoms with van der Waals surface area (Å²) in [6.45, 7) is 12.5. The van der Waals surface area contributed by atoms with E-state index in [1.54, 1.807) is 0 Å². The standard InChI is InChI=1S/C14H17F2N4O.C8H5ClF2O.C6H12N4.CHCl3.ClH/c15-11-1-2-13(16)12(3-11)14(21)4-20-8-17-5-18(9-20)7-19(6-17)10-20;9-4-8(12)6-3-5(10)1-2-7(6)11;1-7-2-9-4-8(1)5-10(3-7)6-9;2-1(3)4;/h1-3H,4-10H2;1-3H,4H2;1-6H2;1H;1H/q+1;;;;/p-1. The van der Waals surface area contributed by atoms with Crippen LogP contribution in [0.1, 0.15) is 20.7 Å². The van der Waals surface area contributed by atoms with Gasteiger partial charge in [0.15, 0.2) is 10.1 Å². The summed E-state index contributed by atoms with van der Waals surface area (Å²) in [5, 5.41) is 0. The molecule has 266 valence electrons. The Morgan fingerprint density at radius 2 is 0.917 bits per heavy atom. The first-order chi connectivity index (χ1) is 22.3. The van der Waals surface area contributed by atoms with E-state index in [1.165, 1.54) is 40.0 Å². The minimum atomic E-state index is -0.750. The second kappa shape index (κ2) is 17.2. The minimum absolute atomic E-state index is 0. The van der Waals surface area contributed by atoms with Crippen LogP contribution in [0.15, 0.2) is 36.4 Å². The Bertz CT molecular complexity index is 1350. The Morgan fingerprint density at radius 1 is 0.604 bits per heavy atom. The van der Waals surface area contributed by atoms with Gasteiger partial charge in [0.2, 0.25) is 5.78 Å². The highest BCUT2D eigenvalue weighted by molar-refractivity contribution is 6.63. The van der Waals surface area contributed by atoms with Crippen LogP contribution in [0, 0.1) is 23.3 Å². The van der Waals surface area contributed by atoms with Crippen LogP contribution in [0.3, 0.4) is 0 Å². The second-order valence-electron chi connectivity index (χ2n) is 12.4. The zero-order chi connectivity index (χ0) is 33.9. The predicted molar refractivity (Wildman–Crippen MR) is 170 cm³/mol. The molecule has 0 N–H and O–H groups in total. The Morgan fingerprint density at radius 3 is 1.25 bits per heavy atom. The van der Waals surface area contributed by atoms with Gasteiger partial charge in [0.1, 0.15) is 49.8 Å². The Labute approximate surface area is 302 Å². The molecule has 0 aromatic heterocycles. The van der Waals surface area contributed by atoms with Crippen molar-refractivity contribution in [1.29, 1.82) is 0 Å². The maximum Gasteiger partial charge on any atom is 0.220 e. The summed E-state index contributed by atoms with van der Waals surface area (Å²) in [4.78, 5) is 40.0. The molecule has 19 heteroatoms. The average molecular weight is 781 g/mol. The van der Waals surface area contributed by atoms with Crippen LogP contribution in [0.2, 0.25) is 0 Å². The van der Waals surface area contributed by atoms with Gasteiger partial charge in [-0.25, -0.2) is 32.3 Å². The van der Waals surface area contributed by atoms with Gasteiger partial charge in [-0.3, -0.25) is 33.7 Å².